The molecule has 0 atom stereocenters. The smallest absolute Gasteiger partial charge is 0.163 e. The van der Waals surface area contributed by atoms with Crippen LogP contribution < -0.4 is 0 Å². The van der Waals surface area contributed by atoms with Crippen LogP contribution in [0.15, 0.2) is 58.3 Å². The normalized spacial score (nSPS) is 10.3. The van der Waals surface area contributed by atoms with E-state index in [4.69, 9.17) is 0 Å². The van der Waals surface area contributed by atoms with Crippen LogP contribution in [0.1, 0.15) is 23.7 Å². The van der Waals surface area contributed by atoms with Crippen LogP contribution in [0.5, 0.6) is 0 Å². The average Bonchev–Trinajstić information content (AvgIpc) is 2.38. The van der Waals surface area contributed by atoms with Crippen molar-refractivity contribution in [2.75, 3.05) is 0 Å². The molecule has 0 fully saturated rings. The van der Waals surface area contributed by atoms with Crippen LogP contribution in [0.2, 0.25) is 0 Å². The van der Waals surface area contributed by atoms with Gasteiger partial charge in [-0.1, -0.05) is 43.0 Å². The minimum atomic E-state index is -0.265. The molecular formula is C15H13FOS. The van der Waals surface area contributed by atoms with Crippen LogP contribution in [0.4, 0.5) is 4.39 Å². The van der Waals surface area contributed by atoms with E-state index in [1.165, 1.54) is 23.9 Å². The third kappa shape index (κ3) is 2.99. The summed E-state index contributed by atoms with van der Waals surface area (Å²) in [6, 6.07) is 13.8. The lowest BCUT2D eigenvalue weighted by atomic mass is 10.1. The molecule has 3 heteroatoms. The highest BCUT2D eigenvalue weighted by molar-refractivity contribution is 7.99. The number of carbonyl (C=O) groups excluding carboxylic acids is 1. The van der Waals surface area contributed by atoms with E-state index in [-0.39, 0.29) is 11.6 Å². The first-order chi connectivity index (χ1) is 8.70. The maximum absolute atomic E-state index is 13.1. The average molecular weight is 260 g/mol. The SMILES string of the molecule is CCC(=O)c1ccccc1Sc1cccc(F)c1. The van der Waals surface area contributed by atoms with Crippen molar-refractivity contribution < 1.29 is 9.18 Å². The van der Waals surface area contributed by atoms with Gasteiger partial charge in [-0.05, 0) is 24.3 Å². The van der Waals surface area contributed by atoms with E-state index in [9.17, 15) is 9.18 Å². The van der Waals surface area contributed by atoms with E-state index >= 15 is 0 Å². The van der Waals surface area contributed by atoms with Crippen LogP contribution in [-0.4, -0.2) is 5.78 Å². The lowest BCUT2D eigenvalue weighted by molar-refractivity contribution is 0.0985. The zero-order chi connectivity index (χ0) is 13.0. The van der Waals surface area contributed by atoms with Gasteiger partial charge in [0.15, 0.2) is 5.78 Å². The maximum Gasteiger partial charge on any atom is 0.163 e. The molecule has 0 aliphatic heterocycles. The molecule has 0 amide bonds. The maximum atomic E-state index is 13.1. The zero-order valence-corrected chi connectivity index (χ0v) is 10.8. The number of hydrogen-bond donors (Lipinski definition) is 0. The number of rotatable bonds is 4. The van der Waals surface area contributed by atoms with E-state index in [1.54, 1.807) is 6.07 Å². The van der Waals surface area contributed by atoms with Gasteiger partial charge < -0.3 is 0 Å². The van der Waals surface area contributed by atoms with Gasteiger partial charge in [0.2, 0.25) is 0 Å². The van der Waals surface area contributed by atoms with Gasteiger partial charge in [-0.3, -0.25) is 4.79 Å². The largest absolute Gasteiger partial charge is 0.294 e. The molecule has 2 aromatic rings. The molecule has 0 bridgehead atoms. The first-order valence-corrected chi connectivity index (χ1v) is 6.58. The van der Waals surface area contributed by atoms with Crippen molar-refractivity contribution in [3.63, 3.8) is 0 Å². The second-order valence-corrected chi connectivity index (χ2v) is 4.95. The molecule has 0 saturated carbocycles. The summed E-state index contributed by atoms with van der Waals surface area (Å²) >= 11 is 1.41. The standard InChI is InChI=1S/C15H13FOS/c1-2-14(17)13-8-3-4-9-15(13)18-12-7-5-6-11(16)10-12/h3-10H,2H2,1H3. The summed E-state index contributed by atoms with van der Waals surface area (Å²) in [5, 5.41) is 0. The lowest BCUT2D eigenvalue weighted by Gasteiger charge is -2.07. The minimum Gasteiger partial charge on any atom is -0.294 e. The van der Waals surface area contributed by atoms with Gasteiger partial charge in [-0.2, -0.15) is 0 Å². The van der Waals surface area contributed by atoms with Gasteiger partial charge in [-0.25, -0.2) is 4.39 Å². The Morgan fingerprint density at radius 1 is 1.17 bits per heavy atom. The minimum absolute atomic E-state index is 0.106. The first-order valence-electron chi connectivity index (χ1n) is 5.76. The van der Waals surface area contributed by atoms with E-state index < -0.39 is 0 Å². The fraction of sp³-hybridized carbons (Fsp3) is 0.133. The molecule has 0 radical (unpaired) electrons. The predicted octanol–water partition coefficient (Wildman–Crippen LogP) is 4.57. The van der Waals surface area contributed by atoms with E-state index in [1.807, 2.05) is 37.3 Å². The van der Waals surface area contributed by atoms with Crippen molar-refractivity contribution in [3.8, 4) is 0 Å². The van der Waals surface area contributed by atoms with Crippen LogP contribution in [0.25, 0.3) is 0 Å². The molecule has 2 rings (SSSR count). The van der Waals surface area contributed by atoms with Gasteiger partial charge in [0.25, 0.3) is 0 Å². The number of benzene rings is 2. The van der Waals surface area contributed by atoms with E-state index in [2.05, 4.69) is 0 Å². The predicted molar refractivity (Wildman–Crippen MR) is 71.6 cm³/mol. The molecule has 0 unspecified atom stereocenters. The summed E-state index contributed by atoms with van der Waals surface area (Å²) < 4.78 is 13.1. The second-order valence-electron chi connectivity index (χ2n) is 3.83. The molecule has 2 aromatic carbocycles. The molecule has 92 valence electrons. The summed E-state index contributed by atoms with van der Waals surface area (Å²) in [4.78, 5) is 13.5. The van der Waals surface area contributed by atoms with Gasteiger partial charge in [0, 0.05) is 21.8 Å². The fourth-order valence-electron chi connectivity index (χ4n) is 1.63. The van der Waals surface area contributed by atoms with Gasteiger partial charge >= 0.3 is 0 Å². The number of halogens is 1. The third-order valence-corrected chi connectivity index (χ3v) is 3.60. The van der Waals surface area contributed by atoms with Crippen LogP contribution in [0.3, 0.4) is 0 Å². The van der Waals surface area contributed by atoms with Gasteiger partial charge in [0.05, 0.1) is 0 Å². The Morgan fingerprint density at radius 3 is 2.67 bits per heavy atom. The highest BCUT2D eigenvalue weighted by atomic mass is 32.2. The summed E-state index contributed by atoms with van der Waals surface area (Å²) in [5.41, 5.74) is 0.703. The quantitative estimate of drug-likeness (QED) is 0.749. The number of hydrogen-bond acceptors (Lipinski definition) is 2. The Morgan fingerprint density at radius 2 is 1.94 bits per heavy atom. The molecule has 0 heterocycles. The highest BCUT2D eigenvalue weighted by Gasteiger charge is 2.10. The van der Waals surface area contributed by atoms with E-state index in [0.29, 0.717) is 12.0 Å². The number of carbonyl (C=O) groups is 1. The van der Waals surface area contributed by atoms with Crippen molar-refractivity contribution in [1.82, 2.24) is 0 Å². The molecule has 0 N–H and O–H groups in total. The Hall–Kier alpha value is -1.61. The summed E-state index contributed by atoms with van der Waals surface area (Å²) in [6.45, 7) is 1.84. The van der Waals surface area contributed by atoms with Gasteiger partial charge in [-0.15, -0.1) is 0 Å². The molecule has 0 aliphatic rings. The van der Waals surface area contributed by atoms with Crippen molar-refractivity contribution >= 4 is 17.5 Å². The number of Topliss-reactive ketones (excluding diaryl/α,β-unsaturated/α-hetero) is 1. The molecule has 1 nitrogen and oxygen atoms in total. The Labute approximate surface area is 110 Å². The molecule has 0 aromatic heterocycles. The van der Waals surface area contributed by atoms with Crippen LogP contribution >= 0.6 is 11.8 Å². The van der Waals surface area contributed by atoms with Crippen molar-refractivity contribution in [2.24, 2.45) is 0 Å². The van der Waals surface area contributed by atoms with Crippen molar-refractivity contribution in [2.45, 2.75) is 23.1 Å². The Bertz CT molecular complexity index is 566. The van der Waals surface area contributed by atoms with E-state index in [0.717, 1.165) is 9.79 Å². The fourth-order valence-corrected chi connectivity index (χ4v) is 2.64. The zero-order valence-electron chi connectivity index (χ0n) is 10.0. The highest BCUT2D eigenvalue weighted by Crippen LogP contribution is 2.31. The van der Waals surface area contributed by atoms with Crippen molar-refractivity contribution in [3.05, 3.63) is 59.9 Å². The molecular weight excluding hydrogens is 247 g/mol. The molecule has 18 heavy (non-hydrogen) atoms. The first kappa shape index (κ1) is 12.8. The van der Waals surface area contributed by atoms with Crippen LogP contribution in [0, 0.1) is 5.82 Å². The van der Waals surface area contributed by atoms with Crippen molar-refractivity contribution in [1.29, 1.82) is 0 Å². The summed E-state index contributed by atoms with van der Waals surface area (Å²) in [6.07, 6.45) is 0.473. The summed E-state index contributed by atoms with van der Waals surface area (Å²) in [5.74, 6) is -0.159. The summed E-state index contributed by atoms with van der Waals surface area (Å²) in [7, 11) is 0. The third-order valence-electron chi connectivity index (χ3n) is 2.53. The molecule has 0 saturated heterocycles. The van der Waals surface area contributed by atoms with Crippen LogP contribution in [-0.2, 0) is 0 Å². The van der Waals surface area contributed by atoms with Gasteiger partial charge in [0.1, 0.15) is 5.82 Å². The Kier molecular flexibility index (Phi) is 4.15. The monoisotopic (exact) mass is 260 g/mol. The molecule has 0 aliphatic carbocycles. The lowest BCUT2D eigenvalue weighted by Crippen LogP contribution is -1.98. The second kappa shape index (κ2) is 5.83. The topological polar surface area (TPSA) is 17.1 Å². The Balaban J connectivity index is 2.32. The number of ketones is 1. The molecule has 0 spiro atoms.